The van der Waals surface area contributed by atoms with Gasteiger partial charge >= 0.3 is 0 Å². The summed E-state index contributed by atoms with van der Waals surface area (Å²) < 4.78 is 12.9. The zero-order valence-electron chi connectivity index (χ0n) is 7.84. The summed E-state index contributed by atoms with van der Waals surface area (Å²) >= 11 is 0. The van der Waals surface area contributed by atoms with Crippen molar-refractivity contribution in [1.82, 2.24) is 5.48 Å². The third-order valence-corrected chi connectivity index (χ3v) is 2.15. The van der Waals surface area contributed by atoms with E-state index in [9.17, 15) is 4.39 Å². The van der Waals surface area contributed by atoms with Gasteiger partial charge in [-0.05, 0) is 30.5 Å². The van der Waals surface area contributed by atoms with E-state index in [4.69, 9.17) is 5.21 Å². The molecular weight excluding hydrogens is 169 g/mol. The molecule has 0 heterocycles. The molecule has 2 N–H and O–H groups in total. The molecule has 0 aromatic heterocycles. The summed E-state index contributed by atoms with van der Waals surface area (Å²) in [4.78, 5) is 0. The topological polar surface area (TPSA) is 32.3 Å². The third kappa shape index (κ3) is 2.26. The van der Waals surface area contributed by atoms with E-state index in [0.29, 0.717) is 5.56 Å². The van der Waals surface area contributed by atoms with Gasteiger partial charge in [-0.1, -0.05) is 19.1 Å². The highest BCUT2D eigenvalue weighted by molar-refractivity contribution is 5.26. The van der Waals surface area contributed by atoms with Gasteiger partial charge in [0.15, 0.2) is 0 Å². The second kappa shape index (κ2) is 4.35. The molecule has 1 rings (SSSR count). The number of nitrogens with one attached hydrogen (secondary N) is 1. The van der Waals surface area contributed by atoms with Crippen molar-refractivity contribution in [3.05, 3.63) is 35.1 Å². The fourth-order valence-corrected chi connectivity index (χ4v) is 1.29. The van der Waals surface area contributed by atoms with Gasteiger partial charge < -0.3 is 5.21 Å². The summed E-state index contributed by atoms with van der Waals surface area (Å²) in [6.07, 6.45) is 0.765. The molecule has 0 aliphatic carbocycles. The van der Waals surface area contributed by atoms with E-state index in [0.717, 1.165) is 12.0 Å². The van der Waals surface area contributed by atoms with Crippen molar-refractivity contribution in [1.29, 1.82) is 0 Å². The van der Waals surface area contributed by atoms with E-state index in [1.807, 2.05) is 6.92 Å². The Labute approximate surface area is 77.4 Å². The fourth-order valence-electron chi connectivity index (χ4n) is 1.29. The third-order valence-electron chi connectivity index (χ3n) is 2.15. The van der Waals surface area contributed by atoms with Crippen LogP contribution in [0.4, 0.5) is 4.39 Å². The molecule has 2 nitrogen and oxygen atoms in total. The fraction of sp³-hybridized carbons (Fsp3) is 0.400. The number of hydrogen-bond acceptors (Lipinski definition) is 2. The lowest BCUT2D eigenvalue weighted by atomic mass is 10.0. The zero-order chi connectivity index (χ0) is 9.84. The summed E-state index contributed by atoms with van der Waals surface area (Å²) in [6.45, 7) is 3.66. The summed E-state index contributed by atoms with van der Waals surface area (Å²) in [5.74, 6) is -0.212. The van der Waals surface area contributed by atoms with E-state index >= 15 is 0 Å². The van der Waals surface area contributed by atoms with Crippen molar-refractivity contribution in [2.45, 2.75) is 26.3 Å². The molecule has 0 saturated heterocycles. The first-order chi connectivity index (χ1) is 6.19. The molecule has 0 saturated carbocycles. The molecule has 0 fully saturated rings. The van der Waals surface area contributed by atoms with Crippen molar-refractivity contribution in [2.24, 2.45) is 0 Å². The number of rotatable bonds is 3. The highest BCUT2D eigenvalue weighted by Gasteiger charge is 2.08. The van der Waals surface area contributed by atoms with Gasteiger partial charge in [0.1, 0.15) is 5.82 Å². The second-order valence-electron chi connectivity index (χ2n) is 3.10. The molecule has 0 bridgehead atoms. The molecule has 0 amide bonds. The van der Waals surface area contributed by atoms with Gasteiger partial charge in [0, 0.05) is 0 Å². The minimum atomic E-state index is -0.212. The monoisotopic (exact) mass is 183 g/mol. The maximum Gasteiger partial charge on any atom is 0.126 e. The maximum absolute atomic E-state index is 12.9. The van der Waals surface area contributed by atoms with Crippen LogP contribution in [0.5, 0.6) is 0 Å². The lowest BCUT2D eigenvalue weighted by molar-refractivity contribution is 0.124. The van der Waals surface area contributed by atoms with E-state index in [2.05, 4.69) is 5.48 Å². The number of hydroxylamine groups is 1. The van der Waals surface area contributed by atoms with Crippen LogP contribution in [0.3, 0.4) is 0 Å². The number of halogens is 1. The lowest BCUT2D eigenvalue weighted by Crippen LogP contribution is -2.16. The molecular formula is C10H14FNO. The van der Waals surface area contributed by atoms with E-state index < -0.39 is 0 Å². The van der Waals surface area contributed by atoms with Crippen LogP contribution in [0, 0.1) is 12.7 Å². The SMILES string of the molecule is CC[C@H](NO)c1ccc(F)c(C)c1. The van der Waals surface area contributed by atoms with Crippen LogP contribution in [0.1, 0.15) is 30.5 Å². The molecule has 13 heavy (non-hydrogen) atoms. The van der Waals surface area contributed by atoms with Crippen LogP contribution in [-0.4, -0.2) is 5.21 Å². The molecule has 72 valence electrons. The summed E-state index contributed by atoms with van der Waals surface area (Å²) in [5.41, 5.74) is 3.70. The minimum absolute atomic E-state index is 0.112. The molecule has 3 heteroatoms. The van der Waals surface area contributed by atoms with Crippen LogP contribution < -0.4 is 5.48 Å². The first-order valence-corrected chi connectivity index (χ1v) is 4.34. The predicted octanol–water partition coefficient (Wildman–Crippen LogP) is 2.56. The molecule has 1 aromatic carbocycles. The average molecular weight is 183 g/mol. The second-order valence-corrected chi connectivity index (χ2v) is 3.10. The quantitative estimate of drug-likeness (QED) is 0.706. The van der Waals surface area contributed by atoms with E-state index in [1.165, 1.54) is 6.07 Å². The van der Waals surface area contributed by atoms with Gasteiger partial charge in [0.25, 0.3) is 0 Å². The summed E-state index contributed by atoms with van der Waals surface area (Å²) in [6, 6.07) is 4.73. The van der Waals surface area contributed by atoms with Crippen LogP contribution in [0.15, 0.2) is 18.2 Å². The number of benzene rings is 1. The molecule has 0 spiro atoms. The standard InChI is InChI=1S/C10H14FNO/c1-3-10(12-13)8-4-5-9(11)7(2)6-8/h4-6,10,12-13H,3H2,1-2H3/t10-/m0/s1. The Morgan fingerprint density at radius 1 is 1.54 bits per heavy atom. The smallest absolute Gasteiger partial charge is 0.126 e. The highest BCUT2D eigenvalue weighted by Crippen LogP contribution is 2.18. The number of hydrogen-bond donors (Lipinski definition) is 2. The molecule has 1 aromatic rings. The van der Waals surface area contributed by atoms with Gasteiger partial charge in [-0.25, -0.2) is 4.39 Å². The Balaban J connectivity index is 2.95. The van der Waals surface area contributed by atoms with Gasteiger partial charge in [0.05, 0.1) is 6.04 Å². The zero-order valence-corrected chi connectivity index (χ0v) is 7.84. The van der Waals surface area contributed by atoms with Gasteiger partial charge in [-0.2, -0.15) is 5.48 Å². The molecule has 0 radical (unpaired) electrons. The Morgan fingerprint density at radius 3 is 2.69 bits per heavy atom. The Morgan fingerprint density at radius 2 is 2.23 bits per heavy atom. The van der Waals surface area contributed by atoms with Gasteiger partial charge in [0.2, 0.25) is 0 Å². The number of aryl methyl sites for hydroxylation is 1. The normalized spacial score (nSPS) is 12.9. The van der Waals surface area contributed by atoms with Gasteiger partial charge in [-0.15, -0.1) is 0 Å². The van der Waals surface area contributed by atoms with E-state index in [-0.39, 0.29) is 11.9 Å². The first kappa shape index (κ1) is 10.2. The van der Waals surface area contributed by atoms with Crippen molar-refractivity contribution in [3.8, 4) is 0 Å². The van der Waals surface area contributed by atoms with Crippen LogP contribution in [0.25, 0.3) is 0 Å². The molecule has 0 aliphatic rings. The Bertz CT molecular complexity index is 284. The summed E-state index contributed by atoms with van der Waals surface area (Å²) in [7, 11) is 0. The van der Waals surface area contributed by atoms with E-state index in [1.54, 1.807) is 19.1 Å². The van der Waals surface area contributed by atoms with Crippen LogP contribution in [-0.2, 0) is 0 Å². The predicted molar refractivity (Wildman–Crippen MR) is 49.1 cm³/mol. The van der Waals surface area contributed by atoms with Gasteiger partial charge in [-0.3, -0.25) is 0 Å². The summed E-state index contributed by atoms with van der Waals surface area (Å²) in [5, 5.41) is 8.80. The first-order valence-electron chi connectivity index (χ1n) is 4.34. The highest BCUT2D eigenvalue weighted by atomic mass is 19.1. The maximum atomic E-state index is 12.9. The van der Waals surface area contributed by atoms with Crippen molar-refractivity contribution < 1.29 is 9.60 Å². The molecule has 0 aliphatic heterocycles. The van der Waals surface area contributed by atoms with Crippen molar-refractivity contribution in [3.63, 3.8) is 0 Å². The average Bonchev–Trinajstić information content (AvgIpc) is 2.13. The van der Waals surface area contributed by atoms with Crippen molar-refractivity contribution in [2.75, 3.05) is 0 Å². The molecule has 1 atom stereocenters. The van der Waals surface area contributed by atoms with Crippen LogP contribution >= 0.6 is 0 Å². The van der Waals surface area contributed by atoms with Crippen molar-refractivity contribution >= 4 is 0 Å². The largest absolute Gasteiger partial charge is 0.316 e. The Kier molecular flexibility index (Phi) is 3.39. The lowest BCUT2D eigenvalue weighted by Gasteiger charge is -2.13. The van der Waals surface area contributed by atoms with Crippen LogP contribution in [0.2, 0.25) is 0 Å². The molecule has 0 unspecified atom stereocenters. The minimum Gasteiger partial charge on any atom is -0.316 e. The Hall–Kier alpha value is -0.930.